The number of hydrogen-bond acceptors (Lipinski definition) is 4. The highest BCUT2D eigenvalue weighted by atomic mass is 35.5. The smallest absolute Gasteiger partial charge is 0.437 e. The first-order valence-electron chi connectivity index (χ1n) is 7.65. The number of nitrogens with one attached hydrogen (secondary N) is 2. The van der Waals surface area contributed by atoms with E-state index in [0.29, 0.717) is 16.5 Å². The van der Waals surface area contributed by atoms with Gasteiger partial charge in [0.25, 0.3) is 5.91 Å². The largest absolute Gasteiger partial charge is 0.484 e. The Balaban J connectivity index is 1.69. The van der Waals surface area contributed by atoms with E-state index >= 15 is 0 Å². The van der Waals surface area contributed by atoms with Crippen molar-refractivity contribution in [3.63, 3.8) is 0 Å². The summed E-state index contributed by atoms with van der Waals surface area (Å²) < 4.78 is 49.6. The molecule has 0 aliphatic heterocycles. The number of aromatic nitrogens is 2. The minimum absolute atomic E-state index is 0.00441. The molecule has 142 valence electrons. The molecule has 1 aromatic carbocycles. The fraction of sp³-hybridized carbons (Fsp3) is 0.176. The fourth-order valence-electron chi connectivity index (χ4n) is 2.25. The Labute approximate surface area is 156 Å². The molecule has 0 spiro atoms. The number of aromatic amines is 1. The summed E-state index contributed by atoms with van der Waals surface area (Å²) in [5.41, 5.74) is -1.58. The van der Waals surface area contributed by atoms with Crippen molar-refractivity contribution < 1.29 is 27.1 Å². The number of anilines is 1. The Morgan fingerprint density at radius 3 is 2.74 bits per heavy atom. The summed E-state index contributed by atoms with van der Waals surface area (Å²) >= 11 is 5.97. The SMILES string of the molecule is Cc1[nH]nc(C(F)(F)F)c1NC(=O)c1ccc(COc2ccccc2Cl)o1. The van der Waals surface area contributed by atoms with Crippen molar-refractivity contribution in [1.29, 1.82) is 0 Å². The monoisotopic (exact) mass is 399 g/mol. The molecular formula is C17H13ClF3N3O3. The van der Waals surface area contributed by atoms with Crippen LogP contribution < -0.4 is 10.1 Å². The van der Waals surface area contributed by atoms with E-state index in [0.717, 1.165) is 0 Å². The van der Waals surface area contributed by atoms with E-state index in [1.54, 1.807) is 24.3 Å². The van der Waals surface area contributed by atoms with Gasteiger partial charge in [-0.2, -0.15) is 18.3 Å². The Morgan fingerprint density at radius 2 is 2.04 bits per heavy atom. The molecule has 3 rings (SSSR count). The molecule has 2 heterocycles. The zero-order chi connectivity index (χ0) is 19.6. The molecule has 0 bridgehead atoms. The van der Waals surface area contributed by atoms with Gasteiger partial charge in [-0.3, -0.25) is 9.89 Å². The Kier molecular flexibility index (Phi) is 5.13. The number of nitrogens with zero attached hydrogens (tertiary/aromatic N) is 1. The van der Waals surface area contributed by atoms with E-state index in [-0.39, 0.29) is 18.1 Å². The van der Waals surface area contributed by atoms with Crippen LogP contribution in [0, 0.1) is 6.92 Å². The first-order valence-corrected chi connectivity index (χ1v) is 8.03. The molecule has 1 amide bonds. The van der Waals surface area contributed by atoms with E-state index in [1.165, 1.54) is 19.1 Å². The molecule has 3 aromatic rings. The molecule has 0 aliphatic rings. The van der Waals surface area contributed by atoms with E-state index < -0.39 is 23.5 Å². The van der Waals surface area contributed by atoms with Crippen LogP contribution in [-0.2, 0) is 12.8 Å². The number of carbonyl (C=O) groups excluding carboxylic acids is 1. The topological polar surface area (TPSA) is 80.2 Å². The number of amides is 1. The van der Waals surface area contributed by atoms with Gasteiger partial charge in [0, 0.05) is 0 Å². The van der Waals surface area contributed by atoms with Crippen molar-refractivity contribution in [2.45, 2.75) is 19.7 Å². The zero-order valence-electron chi connectivity index (χ0n) is 13.9. The Hall–Kier alpha value is -2.94. The van der Waals surface area contributed by atoms with Gasteiger partial charge in [0.1, 0.15) is 18.1 Å². The highest BCUT2D eigenvalue weighted by Gasteiger charge is 2.38. The number of para-hydroxylation sites is 1. The molecule has 2 aromatic heterocycles. The summed E-state index contributed by atoms with van der Waals surface area (Å²) in [6.07, 6.45) is -4.70. The van der Waals surface area contributed by atoms with Gasteiger partial charge in [-0.15, -0.1) is 0 Å². The van der Waals surface area contributed by atoms with E-state index in [1.807, 2.05) is 0 Å². The molecule has 0 atom stereocenters. The second-order valence-corrected chi connectivity index (χ2v) is 5.92. The van der Waals surface area contributed by atoms with Crippen LogP contribution in [0.3, 0.4) is 0 Å². The summed E-state index contributed by atoms with van der Waals surface area (Å²) in [7, 11) is 0. The lowest BCUT2D eigenvalue weighted by Gasteiger charge is -2.08. The highest BCUT2D eigenvalue weighted by molar-refractivity contribution is 6.32. The van der Waals surface area contributed by atoms with Crippen molar-refractivity contribution in [3.05, 3.63) is 64.3 Å². The molecule has 0 fully saturated rings. The summed E-state index contributed by atoms with van der Waals surface area (Å²) in [6.45, 7) is 1.36. The van der Waals surface area contributed by atoms with Gasteiger partial charge in [0.15, 0.2) is 11.5 Å². The number of halogens is 4. The summed E-state index contributed by atoms with van der Waals surface area (Å²) in [5.74, 6) is -0.263. The number of hydrogen-bond donors (Lipinski definition) is 2. The summed E-state index contributed by atoms with van der Waals surface area (Å²) in [6, 6.07) is 9.63. The average Bonchev–Trinajstić information content (AvgIpc) is 3.21. The maximum absolute atomic E-state index is 12.9. The number of carbonyl (C=O) groups is 1. The van der Waals surface area contributed by atoms with Crippen molar-refractivity contribution in [2.24, 2.45) is 0 Å². The minimum atomic E-state index is -4.70. The first-order chi connectivity index (χ1) is 12.8. The standard InChI is InChI=1S/C17H13ClF3N3O3/c1-9-14(15(24-23-9)17(19,20)21)22-16(25)13-7-6-10(27-13)8-26-12-5-3-2-4-11(12)18/h2-7H,8H2,1H3,(H,22,25)(H,23,24). The van der Waals surface area contributed by atoms with Gasteiger partial charge in [-0.05, 0) is 31.2 Å². The number of alkyl halides is 3. The fourth-order valence-corrected chi connectivity index (χ4v) is 2.44. The molecule has 2 N–H and O–H groups in total. The van der Waals surface area contributed by atoms with E-state index in [2.05, 4.69) is 15.5 Å². The minimum Gasteiger partial charge on any atom is -0.484 e. The number of rotatable bonds is 5. The number of aryl methyl sites for hydroxylation is 1. The van der Waals surface area contributed by atoms with Crippen LogP contribution in [0.2, 0.25) is 5.02 Å². The van der Waals surface area contributed by atoms with Crippen LogP contribution in [0.1, 0.15) is 27.7 Å². The Bertz CT molecular complexity index is 966. The third-order valence-corrected chi connectivity index (χ3v) is 3.86. The first kappa shape index (κ1) is 18.8. The third-order valence-electron chi connectivity index (χ3n) is 3.55. The van der Waals surface area contributed by atoms with Crippen molar-refractivity contribution in [1.82, 2.24) is 10.2 Å². The van der Waals surface area contributed by atoms with Crippen molar-refractivity contribution in [3.8, 4) is 5.75 Å². The molecular weight excluding hydrogens is 387 g/mol. The van der Waals surface area contributed by atoms with Gasteiger partial charge < -0.3 is 14.5 Å². The third kappa shape index (κ3) is 4.25. The maximum atomic E-state index is 12.9. The second-order valence-electron chi connectivity index (χ2n) is 5.51. The van der Waals surface area contributed by atoms with Crippen LogP contribution in [0.4, 0.5) is 18.9 Å². The van der Waals surface area contributed by atoms with Crippen LogP contribution >= 0.6 is 11.6 Å². The predicted molar refractivity (Wildman–Crippen MR) is 90.8 cm³/mol. The average molecular weight is 400 g/mol. The van der Waals surface area contributed by atoms with E-state index in [9.17, 15) is 18.0 Å². The predicted octanol–water partition coefficient (Wildman–Crippen LogP) is 4.81. The van der Waals surface area contributed by atoms with Crippen LogP contribution in [0.25, 0.3) is 0 Å². The number of H-pyrrole nitrogens is 1. The molecule has 10 heteroatoms. The normalized spacial score (nSPS) is 11.4. The molecule has 0 unspecified atom stereocenters. The van der Waals surface area contributed by atoms with Gasteiger partial charge >= 0.3 is 6.18 Å². The summed E-state index contributed by atoms with van der Waals surface area (Å²) in [4.78, 5) is 12.2. The number of benzene rings is 1. The lowest BCUT2D eigenvalue weighted by Crippen LogP contribution is -2.16. The highest BCUT2D eigenvalue weighted by Crippen LogP contribution is 2.35. The molecule has 0 saturated heterocycles. The molecule has 27 heavy (non-hydrogen) atoms. The Morgan fingerprint density at radius 1 is 1.30 bits per heavy atom. The molecule has 6 nitrogen and oxygen atoms in total. The number of furan rings is 1. The van der Waals surface area contributed by atoms with Gasteiger partial charge in [0.2, 0.25) is 0 Å². The van der Waals surface area contributed by atoms with Crippen LogP contribution in [-0.4, -0.2) is 16.1 Å². The molecule has 0 radical (unpaired) electrons. The maximum Gasteiger partial charge on any atom is 0.437 e. The lowest BCUT2D eigenvalue weighted by molar-refractivity contribution is -0.140. The number of ether oxygens (including phenoxy) is 1. The lowest BCUT2D eigenvalue weighted by atomic mass is 10.2. The zero-order valence-corrected chi connectivity index (χ0v) is 14.6. The van der Waals surface area contributed by atoms with Gasteiger partial charge in [0.05, 0.1) is 16.4 Å². The summed E-state index contributed by atoms with van der Waals surface area (Å²) in [5, 5.41) is 7.97. The second kappa shape index (κ2) is 7.36. The van der Waals surface area contributed by atoms with Crippen LogP contribution in [0.5, 0.6) is 5.75 Å². The van der Waals surface area contributed by atoms with Crippen molar-refractivity contribution >= 4 is 23.2 Å². The van der Waals surface area contributed by atoms with Gasteiger partial charge in [-0.25, -0.2) is 0 Å². The van der Waals surface area contributed by atoms with Gasteiger partial charge in [-0.1, -0.05) is 23.7 Å². The van der Waals surface area contributed by atoms with E-state index in [4.69, 9.17) is 20.8 Å². The van der Waals surface area contributed by atoms with Crippen LogP contribution in [0.15, 0.2) is 40.8 Å². The molecule has 0 aliphatic carbocycles. The van der Waals surface area contributed by atoms with Crippen molar-refractivity contribution in [2.75, 3.05) is 5.32 Å². The molecule has 0 saturated carbocycles. The quantitative estimate of drug-likeness (QED) is 0.645.